The number of aliphatic hydroxyl groups is 1. The van der Waals surface area contributed by atoms with Crippen LogP contribution in [-0.4, -0.2) is 83.8 Å². The first-order valence-corrected chi connectivity index (χ1v) is 28.0. The molecule has 15 nitrogen and oxygen atoms in total. The molecule has 2 unspecified atom stereocenters. The molecule has 4 aromatic rings. The fourth-order valence-electron chi connectivity index (χ4n) is 10.1. The van der Waals surface area contributed by atoms with Crippen LogP contribution in [0.1, 0.15) is 129 Å². The minimum Gasteiger partial charge on any atom is -0.444 e. The van der Waals surface area contributed by atoms with E-state index in [1.807, 2.05) is 97.7 Å². The molecule has 2 fully saturated rings. The second kappa shape index (κ2) is 26.1. The standard InChI is InChI=1S/C30H39N3O5S.C25H31N3O3S.C2H6O/c1-19(2)14-23(31-29(37)38-30(3,4)5)25(34)16-22-15-21-8-6-9-24(32-12-7-10-26(32)35)27(21)33(28(22)36)17-20-11-13-39-18-20;1-16(2)11-20(26)22(29)13-19-12-18-5-3-6-21(27-9-4-7-23(27)30)24(18)28(25(19)31)14-17-8-10-32-15-17;1-2-3/h6,8-9,11,13,18-19,22-23H,7,10,12,14-17H2,1-5H3,(H,31,37);3,5-6,8,10,15-16,19-20H,4,7,9,11-14,26H2,1-2H3;3H,2H2,1H3/t22?,23-;19?,20-;/m11./s1. The lowest BCUT2D eigenvalue weighted by atomic mass is 9.85. The number of ketones is 2. The van der Waals surface area contributed by atoms with Crippen LogP contribution in [0.3, 0.4) is 0 Å². The van der Waals surface area contributed by atoms with Crippen molar-refractivity contribution in [2.75, 3.05) is 39.3 Å². The quantitative estimate of drug-likeness (QED) is 0.0915. The predicted octanol–water partition coefficient (Wildman–Crippen LogP) is 9.39. The number of carbonyl (C=O) groups is 7. The van der Waals surface area contributed by atoms with E-state index in [0.29, 0.717) is 70.6 Å². The number of aliphatic hydroxyl groups excluding tert-OH is 1. The zero-order chi connectivity index (χ0) is 53.9. The lowest BCUT2D eigenvalue weighted by Crippen LogP contribution is -2.47. The van der Waals surface area contributed by atoms with E-state index in [4.69, 9.17) is 15.6 Å². The highest BCUT2D eigenvalue weighted by Crippen LogP contribution is 2.44. The van der Waals surface area contributed by atoms with Gasteiger partial charge < -0.3 is 40.5 Å². The first-order chi connectivity index (χ1) is 35.2. The van der Waals surface area contributed by atoms with Crippen LogP contribution in [0.15, 0.2) is 70.1 Å². The first-order valence-electron chi connectivity index (χ1n) is 26.1. The van der Waals surface area contributed by atoms with E-state index in [1.165, 1.54) is 0 Å². The minimum absolute atomic E-state index is 0.0124. The molecule has 0 spiro atoms. The number of hydrogen-bond donors (Lipinski definition) is 3. The summed E-state index contributed by atoms with van der Waals surface area (Å²) in [6.07, 6.45) is 4.14. The molecule has 8 rings (SSSR count). The molecule has 0 radical (unpaired) electrons. The molecule has 5 amide bonds. The lowest BCUT2D eigenvalue weighted by molar-refractivity contribution is -0.129. The molecule has 2 aromatic carbocycles. The first kappa shape index (κ1) is 57.5. The summed E-state index contributed by atoms with van der Waals surface area (Å²) in [6, 6.07) is 14.4. The van der Waals surface area contributed by atoms with E-state index >= 15 is 0 Å². The molecule has 74 heavy (non-hydrogen) atoms. The number of benzene rings is 2. The second-order valence-electron chi connectivity index (χ2n) is 21.5. The summed E-state index contributed by atoms with van der Waals surface area (Å²) in [4.78, 5) is 98.8. The number of nitrogens with zero attached hydrogens (tertiary/aromatic N) is 4. The van der Waals surface area contributed by atoms with Crippen molar-refractivity contribution in [2.45, 2.75) is 150 Å². The van der Waals surface area contributed by atoms with Crippen LogP contribution in [-0.2, 0) is 59.4 Å². The van der Waals surface area contributed by atoms with E-state index in [0.717, 1.165) is 57.8 Å². The number of nitrogens with two attached hydrogens (primary N) is 1. The van der Waals surface area contributed by atoms with Gasteiger partial charge in [0.05, 0.1) is 47.9 Å². The average Bonchev–Trinajstić information content (AvgIpc) is 4.19. The third-order valence-corrected chi connectivity index (χ3v) is 14.8. The fourth-order valence-corrected chi connectivity index (χ4v) is 11.4. The van der Waals surface area contributed by atoms with E-state index in [2.05, 4.69) is 5.32 Å². The number of alkyl carbamates (subject to hydrolysis) is 1. The third-order valence-electron chi connectivity index (χ3n) is 13.3. The van der Waals surface area contributed by atoms with Gasteiger partial charge >= 0.3 is 6.09 Å². The van der Waals surface area contributed by atoms with Crippen LogP contribution < -0.4 is 30.7 Å². The molecule has 4 aliphatic heterocycles. The summed E-state index contributed by atoms with van der Waals surface area (Å²) in [6.45, 7) is 17.4. The van der Waals surface area contributed by atoms with Gasteiger partial charge in [-0.25, -0.2) is 4.79 Å². The van der Waals surface area contributed by atoms with Gasteiger partial charge in [-0.15, -0.1) is 0 Å². The van der Waals surface area contributed by atoms with Crippen molar-refractivity contribution in [3.63, 3.8) is 0 Å². The monoisotopic (exact) mass is 1050 g/mol. The van der Waals surface area contributed by atoms with E-state index in [1.54, 1.807) is 70.0 Å². The van der Waals surface area contributed by atoms with Crippen molar-refractivity contribution in [3.8, 4) is 0 Å². The largest absolute Gasteiger partial charge is 0.444 e. The van der Waals surface area contributed by atoms with Crippen molar-refractivity contribution < 1.29 is 43.4 Å². The van der Waals surface area contributed by atoms with Crippen LogP contribution in [0.2, 0.25) is 0 Å². The molecule has 2 aromatic heterocycles. The molecule has 0 saturated carbocycles. The van der Waals surface area contributed by atoms with Gasteiger partial charge in [0, 0.05) is 57.2 Å². The van der Waals surface area contributed by atoms with Crippen LogP contribution in [0.5, 0.6) is 0 Å². The van der Waals surface area contributed by atoms with Gasteiger partial charge in [0.15, 0.2) is 5.78 Å². The predicted molar refractivity (Wildman–Crippen MR) is 294 cm³/mol. The summed E-state index contributed by atoms with van der Waals surface area (Å²) in [5.41, 5.74) is 12.6. The van der Waals surface area contributed by atoms with Gasteiger partial charge in [0.1, 0.15) is 11.4 Å². The number of para-hydroxylation sites is 2. The molecule has 4 aliphatic rings. The summed E-state index contributed by atoms with van der Waals surface area (Å²) in [5.74, 6) is -0.791. The van der Waals surface area contributed by atoms with Crippen LogP contribution >= 0.6 is 22.7 Å². The number of thiophene rings is 2. The minimum atomic E-state index is -0.743. The molecule has 2 saturated heterocycles. The molecule has 0 aliphatic carbocycles. The Morgan fingerprint density at radius 2 is 1.16 bits per heavy atom. The van der Waals surface area contributed by atoms with Crippen LogP contribution in [0, 0.1) is 23.7 Å². The third kappa shape index (κ3) is 15.0. The highest BCUT2D eigenvalue weighted by Gasteiger charge is 2.41. The maximum Gasteiger partial charge on any atom is 0.408 e. The maximum atomic E-state index is 14.0. The zero-order valence-corrected chi connectivity index (χ0v) is 46.0. The van der Waals surface area contributed by atoms with Crippen LogP contribution in [0.25, 0.3) is 0 Å². The number of carbonyl (C=O) groups excluding carboxylic acids is 7. The van der Waals surface area contributed by atoms with Crippen molar-refractivity contribution in [1.29, 1.82) is 0 Å². The van der Waals surface area contributed by atoms with Gasteiger partial charge in [-0.2, -0.15) is 22.7 Å². The fraction of sp³-hybridized carbons (Fsp3) is 0.526. The molecular weight excluding hydrogens is 977 g/mol. The molecule has 17 heteroatoms. The number of Topliss-reactive ketones (excluding diaryl/α,β-unsaturated/α-hetero) is 2. The van der Waals surface area contributed by atoms with Crippen molar-refractivity contribution in [3.05, 3.63) is 92.3 Å². The Balaban J connectivity index is 0.000000233. The number of fused-ring (bicyclic) bond motifs is 2. The summed E-state index contributed by atoms with van der Waals surface area (Å²) in [5, 5.41) is 18.3. The Morgan fingerprint density at radius 1 is 0.716 bits per heavy atom. The Labute approximate surface area is 444 Å². The smallest absolute Gasteiger partial charge is 0.408 e. The summed E-state index contributed by atoms with van der Waals surface area (Å²) in [7, 11) is 0. The molecule has 4 N–H and O–H groups in total. The Morgan fingerprint density at radius 3 is 1.54 bits per heavy atom. The van der Waals surface area contributed by atoms with E-state index < -0.39 is 35.6 Å². The number of nitrogens with one attached hydrogen (secondary N) is 1. The number of rotatable bonds is 17. The molecule has 0 bridgehead atoms. The maximum absolute atomic E-state index is 14.0. The molecule has 400 valence electrons. The lowest BCUT2D eigenvalue weighted by Gasteiger charge is -2.37. The average molecular weight is 1050 g/mol. The molecular formula is C57H76N6O9S2. The van der Waals surface area contributed by atoms with Crippen molar-refractivity contribution in [2.24, 2.45) is 29.4 Å². The van der Waals surface area contributed by atoms with Gasteiger partial charge in [-0.1, -0.05) is 52.0 Å². The molecule has 6 heterocycles. The van der Waals surface area contributed by atoms with Gasteiger partial charge in [-0.05, 0) is 146 Å². The second-order valence-corrected chi connectivity index (χ2v) is 23.1. The van der Waals surface area contributed by atoms with Crippen LogP contribution in [0.4, 0.5) is 27.5 Å². The van der Waals surface area contributed by atoms with E-state index in [-0.39, 0.29) is 60.6 Å². The van der Waals surface area contributed by atoms with Gasteiger partial charge in [0.25, 0.3) is 0 Å². The Hall–Kier alpha value is -5.75. The van der Waals surface area contributed by atoms with Crippen molar-refractivity contribution in [1.82, 2.24) is 5.32 Å². The summed E-state index contributed by atoms with van der Waals surface area (Å²) >= 11 is 3.15. The summed E-state index contributed by atoms with van der Waals surface area (Å²) < 4.78 is 5.40. The normalized spacial score (nSPS) is 18.4. The highest BCUT2D eigenvalue weighted by molar-refractivity contribution is 7.08. The van der Waals surface area contributed by atoms with Gasteiger partial charge in [-0.3, -0.25) is 28.8 Å². The zero-order valence-electron chi connectivity index (χ0n) is 44.4. The SMILES string of the molecule is CC(C)C[C@@H](N)C(=O)CC1Cc2cccc(N3CCCC3=O)c2N(Cc2ccsc2)C1=O.CC(C)C[C@@H](NC(=O)OC(C)(C)C)C(=O)CC1Cc2cccc(N3CCCC3=O)c2N(Cc2ccsc2)C1=O.CCO. The number of ether oxygens (including phenoxy) is 1. The van der Waals surface area contributed by atoms with Crippen molar-refractivity contribution >= 4 is 86.7 Å². The number of anilines is 4. The molecule has 4 atom stereocenters. The Kier molecular flexibility index (Phi) is 20.3. The Bertz CT molecular complexity index is 2590. The number of amides is 5. The highest BCUT2D eigenvalue weighted by atomic mass is 32.1. The van der Waals surface area contributed by atoms with E-state index in [9.17, 15) is 33.6 Å². The topological polar surface area (TPSA) is 200 Å². The number of hydrogen-bond acceptors (Lipinski definition) is 12. The van der Waals surface area contributed by atoms with Gasteiger partial charge in [0.2, 0.25) is 23.6 Å².